The van der Waals surface area contributed by atoms with Gasteiger partial charge in [-0.1, -0.05) is 18.2 Å². The van der Waals surface area contributed by atoms with Gasteiger partial charge in [0.15, 0.2) is 0 Å². The fraction of sp³-hybridized carbons (Fsp3) is 0.111. The minimum atomic E-state index is -0.684. The predicted molar refractivity (Wildman–Crippen MR) is 86.6 cm³/mol. The van der Waals surface area contributed by atoms with Crippen LogP contribution in [-0.2, 0) is 4.74 Å². The second-order valence-corrected chi connectivity index (χ2v) is 5.02. The number of halogens is 1. The summed E-state index contributed by atoms with van der Waals surface area (Å²) in [4.78, 5) is 12.3. The number of esters is 1. The first-order chi connectivity index (χ1) is 11.6. The summed E-state index contributed by atoms with van der Waals surface area (Å²) in [6.07, 6.45) is 0. The fourth-order valence-electron chi connectivity index (χ4n) is 2.36. The molecule has 3 rings (SSSR count). The van der Waals surface area contributed by atoms with Crippen molar-refractivity contribution in [3.8, 4) is 22.8 Å². The number of rotatable bonds is 4. The van der Waals surface area contributed by atoms with Crippen LogP contribution in [0, 0.1) is 5.82 Å². The van der Waals surface area contributed by atoms with Crippen molar-refractivity contribution in [2.24, 2.45) is 0 Å². The Labute approximate surface area is 137 Å². The third-order valence-corrected chi connectivity index (χ3v) is 3.46. The third kappa shape index (κ3) is 2.86. The fourth-order valence-corrected chi connectivity index (χ4v) is 2.36. The van der Waals surface area contributed by atoms with Gasteiger partial charge in [-0.2, -0.15) is 9.78 Å². The molecule has 3 aromatic rings. The monoisotopic (exact) mass is 326 g/mol. The Morgan fingerprint density at radius 1 is 1.17 bits per heavy atom. The van der Waals surface area contributed by atoms with Gasteiger partial charge in [-0.15, -0.1) is 0 Å². The number of para-hydroxylation sites is 1. The highest BCUT2D eigenvalue weighted by atomic mass is 19.1. The van der Waals surface area contributed by atoms with Gasteiger partial charge in [0.1, 0.15) is 17.1 Å². The average Bonchev–Trinajstić information content (AvgIpc) is 2.94. The van der Waals surface area contributed by atoms with Gasteiger partial charge in [0.2, 0.25) is 5.88 Å². The van der Waals surface area contributed by atoms with E-state index in [4.69, 9.17) is 4.74 Å². The molecular weight excluding hydrogens is 311 g/mol. The number of carbonyl (C=O) groups excluding carboxylic acids is 1. The standard InChI is InChI=1S/C18H15FN2O3/c1-2-24-18(23)15-16(12-8-10-13(19)11-9-12)20-21(17(15)22)14-6-4-3-5-7-14/h3-11,22H,2H2,1H3. The van der Waals surface area contributed by atoms with Crippen LogP contribution in [0.15, 0.2) is 54.6 Å². The number of carbonyl (C=O) groups is 1. The molecule has 122 valence electrons. The van der Waals surface area contributed by atoms with Gasteiger partial charge >= 0.3 is 5.97 Å². The summed E-state index contributed by atoms with van der Waals surface area (Å²) < 4.78 is 19.4. The number of aromatic nitrogens is 2. The van der Waals surface area contributed by atoms with Crippen molar-refractivity contribution in [2.45, 2.75) is 6.92 Å². The van der Waals surface area contributed by atoms with Gasteiger partial charge < -0.3 is 9.84 Å². The van der Waals surface area contributed by atoms with Crippen molar-refractivity contribution in [1.82, 2.24) is 9.78 Å². The summed E-state index contributed by atoms with van der Waals surface area (Å²) in [5, 5.41) is 14.8. The molecule has 0 radical (unpaired) electrons. The minimum absolute atomic E-state index is 0.0488. The largest absolute Gasteiger partial charge is 0.493 e. The first kappa shape index (κ1) is 15.7. The molecule has 0 aliphatic heterocycles. The van der Waals surface area contributed by atoms with E-state index in [1.165, 1.54) is 28.9 Å². The highest BCUT2D eigenvalue weighted by Gasteiger charge is 2.26. The van der Waals surface area contributed by atoms with Crippen LogP contribution < -0.4 is 0 Å². The Morgan fingerprint density at radius 3 is 2.46 bits per heavy atom. The van der Waals surface area contributed by atoms with Gasteiger partial charge in [-0.25, -0.2) is 9.18 Å². The third-order valence-electron chi connectivity index (χ3n) is 3.46. The van der Waals surface area contributed by atoms with Gasteiger partial charge in [0, 0.05) is 5.56 Å². The Kier molecular flexibility index (Phi) is 4.29. The molecule has 0 aliphatic carbocycles. The summed E-state index contributed by atoms with van der Waals surface area (Å²) in [6, 6.07) is 14.4. The van der Waals surface area contributed by atoms with Crippen molar-refractivity contribution in [3.05, 3.63) is 66.0 Å². The molecule has 1 heterocycles. The van der Waals surface area contributed by atoms with Crippen LogP contribution in [0.4, 0.5) is 4.39 Å². The number of hydrogen-bond donors (Lipinski definition) is 1. The van der Waals surface area contributed by atoms with Crippen molar-refractivity contribution in [1.29, 1.82) is 0 Å². The highest BCUT2D eigenvalue weighted by Crippen LogP contribution is 2.32. The van der Waals surface area contributed by atoms with Crippen LogP contribution in [0.5, 0.6) is 5.88 Å². The number of nitrogens with zero attached hydrogens (tertiary/aromatic N) is 2. The van der Waals surface area contributed by atoms with E-state index >= 15 is 0 Å². The average molecular weight is 326 g/mol. The van der Waals surface area contributed by atoms with Gasteiger partial charge in [-0.05, 0) is 43.3 Å². The van der Waals surface area contributed by atoms with Crippen molar-refractivity contribution in [3.63, 3.8) is 0 Å². The maximum absolute atomic E-state index is 13.2. The summed E-state index contributed by atoms with van der Waals surface area (Å²) in [6.45, 7) is 1.84. The molecule has 0 saturated carbocycles. The van der Waals surface area contributed by atoms with E-state index in [9.17, 15) is 14.3 Å². The molecular formula is C18H15FN2O3. The molecule has 1 aromatic heterocycles. The van der Waals surface area contributed by atoms with Crippen molar-refractivity contribution >= 4 is 5.97 Å². The van der Waals surface area contributed by atoms with Crippen LogP contribution in [0.25, 0.3) is 16.9 Å². The highest BCUT2D eigenvalue weighted by molar-refractivity contribution is 5.98. The second-order valence-electron chi connectivity index (χ2n) is 5.02. The Morgan fingerprint density at radius 2 is 1.83 bits per heavy atom. The van der Waals surface area contributed by atoms with E-state index in [0.717, 1.165) is 0 Å². The number of aromatic hydroxyl groups is 1. The number of hydrogen-bond acceptors (Lipinski definition) is 4. The Bertz CT molecular complexity index is 858. The van der Waals surface area contributed by atoms with Crippen molar-refractivity contribution < 1.29 is 19.0 Å². The first-order valence-electron chi connectivity index (χ1n) is 7.42. The first-order valence-corrected chi connectivity index (χ1v) is 7.42. The molecule has 1 N–H and O–H groups in total. The lowest BCUT2D eigenvalue weighted by molar-refractivity contribution is 0.0524. The van der Waals surface area contributed by atoms with Gasteiger partial charge in [-0.3, -0.25) is 0 Å². The van der Waals surface area contributed by atoms with Crippen molar-refractivity contribution in [2.75, 3.05) is 6.61 Å². The lowest BCUT2D eigenvalue weighted by Crippen LogP contribution is -2.05. The van der Waals surface area contributed by atoms with E-state index < -0.39 is 11.8 Å². The zero-order valence-corrected chi connectivity index (χ0v) is 12.9. The Balaban J connectivity index is 2.19. The van der Waals surface area contributed by atoms with E-state index in [-0.39, 0.29) is 23.7 Å². The van der Waals surface area contributed by atoms with Gasteiger partial charge in [0.05, 0.1) is 12.3 Å². The molecule has 0 atom stereocenters. The minimum Gasteiger partial charge on any atom is -0.493 e. The Hall–Kier alpha value is -3.15. The quantitative estimate of drug-likeness (QED) is 0.745. The molecule has 0 aliphatic rings. The zero-order valence-electron chi connectivity index (χ0n) is 12.9. The SMILES string of the molecule is CCOC(=O)c1c(-c2ccc(F)cc2)nn(-c2ccccc2)c1O. The summed E-state index contributed by atoms with van der Waals surface area (Å²) in [7, 11) is 0. The normalized spacial score (nSPS) is 10.6. The molecule has 0 spiro atoms. The molecule has 0 bridgehead atoms. The zero-order chi connectivity index (χ0) is 17.1. The predicted octanol–water partition coefficient (Wildman–Crippen LogP) is 3.56. The van der Waals surface area contributed by atoms with Crippen LogP contribution in [0.2, 0.25) is 0 Å². The molecule has 0 unspecified atom stereocenters. The maximum Gasteiger partial charge on any atom is 0.345 e. The summed E-state index contributed by atoms with van der Waals surface area (Å²) in [5.74, 6) is -1.40. The van der Waals surface area contributed by atoms with E-state index in [1.807, 2.05) is 6.07 Å². The van der Waals surface area contributed by atoms with E-state index in [0.29, 0.717) is 11.3 Å². The topological polar surface area (TPSA) is 64.3 Å². The van der Waals surface area contributed by atoms with E-state index in [1.54, 1.807) is 31.2 Å². The van der Waals surface area contributed by atoms with Crippen LogP contribution in [0.3, 0.4) is 0 Å². The smallest absolute Gasteiger partial charge is 0.345 e. The second kappa shape index (κ2) is 6.54. The lowest BCUT2D eigenvalue weighted by Gasteiger charge is -2.03. The molecule has 5 nitrogen and oxygen atoms in total. The van der Waals surface area contributed by atoms with Gasteiger partial charge in [0.25, 0.3) is 0 Å². The number of benzene rings is 2. The molecule has 6 heteroatoms. The molecule has 24 heavy (non-hydrogen) atoms. The van der Waals surface area contributed by atoms with Crippen LogP contribution >= 0.6 is 0 Å². The summed E-state index contributed by atoms with van der Waals surface area (Å²) >= 11 is 0. The maximum atomic E-state index is 13.2. The lowest BCUT2D eigenvalue weighted by atomic mass is 10.1. The summed E-state index contributed by atoms with van der Waals surface area (Å²) in [5.41, 5.74) is 1.28. The molecule has 0 amide bonds. The van der Waals surface area contributed by atoms with Crippen LogP contribution in [-0.4, -0.2) is 27.5 Å². The molecule has 2 aromatic carbocycles. The number of ether oxygens (including phenoxy) is 1. The molecule has 0 fully saturated rings. The van der Waals surface area contributed by atoms with E-state index in [2.05, 4.69) is 5.10 Å². The molecule has 0 saturated heterocycles. The van der Waals surface area contributed by atoms with Crippen LogP contribution in [0.1, 0.15) is 17.3 Å².